The number of nitriles is 1. The van der Waals surface area contributed by atoms with Gasteiger partial charge in [-0.1, -0.05) is 35.9 Å². The van der Waals surface area contributed by atoms with Crippen LogP contribution in [0.2, 0.25) is 0 Å². The maximum absolute atomic E-state index is 13.4. The smallest absolute Gasteiger partial charge is 0.152 e. The predicted octanol–water partition coefficient (Wildman–Crippen LogP) is 4.31. The Labute approximate surface area is 162 Å². The lowest BCUT2D eigenvalue weighted by atomic mass is 9.69. The van der Waals surface area contributed by atoms with E-state index in [0.29, 0.717) is 12.2 Å². The van der Waals surface area contributed by atoms with E-state index in [1.54, 1.807) is 6.20 Å². The average Bonchev–Trinajstić information content (AvgIpc) is 2.68. The number of nitrogens with zero attached hydrogens (tertiary/aromatic N) is 2. The van der Waals surface area contributed by atoms with E-state index in [1.807, 2.05) is 59.8 Å². The minimum atomic E-state index is -1.39. The fraction of sp³-hybridized carbons (Fsp3) is 0.318. The lowest BCUT2D eigenvalue weighted by molar-refractivity contribution is 0.0842. The SMILES string of the molecule is Cc1ccc(S(=O)N2C=C(C#N)[C@H]3c4ccccc4OC[C@@H]3C2(C)C)cc1. The highest BCUT2D eigenvalue weighted by atomic mass is 32.2. The van der Waals surface area contributed by atoms with Gasteiger partial charge in [0.05, 0.1) is 28.7 Å². The summed E-state index contributed by atoms with van der Waals surface area (Å²) in [6.45, 7) is 6.67. The molecule has 0 N–H and O–H groups in total. The van der Waals surface area contributed by atoms with Crippen LogP contribution in [-0.4, -0.2) is 20.7 Å². The van der Waals surface area contributed by atoms with E-state index in [9.17, 15) is 9.47 Å². The number of allylic oxidation sites excluding steroid dienone is 1. The number of benzene rings is 2. The van der Waals surface area contributed by atoms with Crippen LogP contribution in [0.4, 0.5) is 0 Å². The molecule has 2 aromatic carbocycles. The van der Waals surface area contributed by atoms with Gasteiger partial charge in [-0.15, -0.1) is 0 Å². The minimum absolute atomic E-state index is 0.0291. The van der Waals surface area contributed by atoms with Gasteiger partial charge in [-0.2, -0.15) is 5.26 Å². The largest absolute Gasteiger partial charge is 0.493 e. The van der Waals surface area contributed by atoms with Gasteiger partial charge >= 0.3 is 0 Å². The molecule has 2 heterocycles. The zero-order valence-corrected chi connectivity index (χ0v) is 16.5. The molecule has 0 saturated carbocycles. The van der Waals surface area contributed by atoms with Crippen molar-refractivity contribution in [2.45, 2.75) is 37.1 Å². The Morgan fingerprint density at radius 3 is 2.59 bits per heavy atom. The van der Waals surface area contributed by atoms with Gasteiger partial charge in [0.2, 0.25) is 0 Å². The number of para-hydroxylation sites is 1. The zero-order chi connectivity index (χ0) is 19.2. The minimum Gasteiger partial charge on any atom is -0.493 e. The van der Waals surface area contributed by atoms with Crippen LogP contribution in [0, 0.1) is 24.2 Å². The van der Waals surface area contributed by atoms with E-state index in [0.717, 1.165) is 21.8 Å². The van der Waals surface area contributed by atoms with Gasteiger partial charge in [-0.25, -0.2) is 4.21 Å². The second-order valence-electron chi connectivity index (χ2n) is 7.67. The summed E-state index contributed by atoms with van der Waals surface area (Å²) in [6.07, 6.45) is 1.79. The van der Waals surface area contributed by atoms with Gasteiger partial charge in [-0.05, 0) is 39.0 Å². The van der Waals surface area contributed by atoms with Gasteiger partial charge in [0, 0.05) is 23.6 Å². The van der Waals surface area contributed by atoms with Gasteiger partial charge in [0.15, 0.2) is 11.0 Å². The van der Waals surface area contributed by atoms with Crippen LogP contribution in [-0.2, 0) is 11.0 Å². The second-order valence-corrected chi connectivity index (χ2v) is 9.03. The molecule has 0 bridgehead atoms. The Balaban J connectivity index is 1.81. The molecule has 0 spiro atoms. The summed E-state index contributed by atoms with van der Waals surface area (Å²) in [4.78, 5) is 0.734. The van der Waals surface area contributed by atoms with Crippen molar-refractivity contribution in [3.63, 3.8) is 0 Å². The van der Waals surface area contributed by atoms with Crippen LogP contribution >= 0.6 is 0 Å². The van der Waals surface area contributed by atoms with Crippen molar-refractivity contribution in [1.82, 2.24) is 4.31 Å². The van der Waals surface area contributed by atoms with Crippen molar-refractivity contribution < 1.29 is 8.95 Å². The van der Waals surface area contributed by atoms with E-state index in [-0.39, 0.29) is 11.8 Å². The highest BCUT2D eigenvalue weighted by Gasteiger charge is 2.50. The summed E-state index contributed by atoms with van der Waals surface area (Å²) >= 11 is 0. The van der Waals surface area contributed by atoms with Crippen molar-refractivity contribution in [3.05, 3.63) is 71.4 Å². The molecule has 3 atom stereocenters. The molecule has 27 heavy (non-hydrogen) atoms. The van der Waals surface area contributed by atoms with Crippen LogP contribution < -0.4 is 4.74 Å². The molecule has 0 aromatic heterocycles. The van der Waals surface area contributed by atoms with Crippen molar-refractivity contribution in [2.75, 3.05) is 6.61 Å². The molecule has 5 heteroatoms. The van der Waals surface area contributed by atoms with Crippen LogP contribution in [0.5, 0.6) is 5.75 Å². The quantitative estimate of drug-likeness (QED) is 0.782. The summed E-state index contributed by atoms with van der Waals surface area (Å²) in [7, 11) is -1.39. The number of hydrogen-bond donors (Lipinski definition) is 0. The Bertz CT molecular complexity index is 973. The Morgan fingerprint density at radius 2 is 1.89 bits per heavy atom. The molecule has 138 valence electrons. The van der Waals surface area contributed by atoms with Crippen molar-refractivity contribution >= 4 is 11.0 Å². The van der Waals surface area contributed by atoms with Crippen molar-refractivity contribution in [2.24, 2.45) is 5.92 Å². The molecule has 4 rings (SSSR count). The van der Waals surface area contributed by atoms with Crippen LogP contribution in [0.15, 0.2) is 65.2 Å². The molecule has 2 aliphatic heterocycles. The summed E-state index contributed by atoms with van der Waals surface area (Å²) in [6, 6.07) is 18.0. The number of fused-ring (bicyclic) bond motifs is 3. The molecule has 2 aliphatic rings. The molecular formula is C22H22N2O2S. The van der Waals surface area contributed by atoms with Crippen LogP contribution in [0.3, 0.4) is 0 Å². The molecule has 0 amide bonds. The third-order valence-corrected chi connectivity index (χ3v) is 7.28. The monoisotopic (exact) mass is 378 g/mol. The third kappa shape index (κ3) is 2.85. The number of aryl methyl sites for hydroxylation is 1. The standard InChI is InChI=1S/C22H22N2O2S/c1-15-8-10-17(11-9-15)27(25)24-13-16(12-23)21-18-6-4-5-7-20(18)26-14-19(21)22(24,2)3/h4-11,13,19,21H,14H2,1-3H3/t19-,21-,27?/m0/s1. The van der Waals surface area contributed by atoms with Crippen molar-refractivity contribution in [3.8, 4) is 11.8 Å². The summed E-state index contributed by atoms with van der Waals surface area (Å²) < 4.78 is 21.2. The van der Waals surface area contributed by atoms with E-state index in [4.69, 9.17) is 4.74 Å². The maximum atomic E-state index is 13.4. The molecule has 0 fully saturated rings. The molecule has 4 nitrogen and oxygen atoms in total. The van der Waals surface area contributed by atoms with Gasteiger partial charge < -0.3 is 4.74 Å². The molecule has 2 aromatic rings. The van der Waals surface area contributed by atoms with Crippen LogP contribution in [0.1, 0.15) is 30.9 Å². The predicted molar refractivity (Wildman–Crippen MR) is 105 cm³/mol. The Hall–Kier alpha value is -2.58. The molecule has 0 aliphatic carbocycles. The first kappa shape index (κ1) is 17.8. The maximum Gasteiger partial charge on any atom is 0.152 e. The third-order valence-electron chi connectivity index (χ3n) is 5.67. The summed E-state index contributed by atoms with van der Waals surface area (Å²) in [5, 5.41) is 9.85. The van der Waals surface area contributed by atoms with E-state index in [1.165, 1.54) is 0 Å². The normalized spacial score (nSPS) is 23.9. The van der Waals surface area contributed by atoms with Gasteiger partial charge in [-0.3, -0.25) is 4.31 Å². The van der Waals surface area contributed by atoms with E-state index >= 15 is 0 Å². The molecule has 1 unspecified atom stereocenters. The number of rotatable bonds is 2. The van der Waals surface area contributed by atoms with E-state index in [2.05, 4.69) is 19.9 Å². The first-order valence-corrected chi connectivity index (χ1v) is 10.2. The molecule has 0 saturated heterocycles. The second kappa shape index (κ2) is 6.54. The summed E-state index contributed by atoms with van der Waals surface area (Å²) in [5.41, 5.74) is 2.36. The molecule has 0 radical (unpaired) electrons. The van der Waals surface area contributed by atoms with Gasteiger partial charge in [0.25, 0.3) is 0 Å². The van der Waals surface area contributed by atoms with Crippen molar-refractivity contribution in [1.29, 1.82) is 5.26 Å². The Morgan fingerprint density at radius 1 is 1.19 bits per heavy atom. The first-order valence-electron chi connectivity index (χ1n) is 9.05. The zero-order valence-electron chi connectivity index (χ0n) is 15.7. The Kier molecular flexibility index (Phi) is 4.32. The fourth-order valence-electron chi connectivity index (χ4n) is 4.02. The fourth-order valence-corrected chi connectivity index (χ4v) is 5.39. The number of hydrogen-bond acceptors (Lipinski definition) is 3. The summed E-state index contributed by atoms with van der Waals surface area (Å²) in [5.74, 6) is 0.825. The molecular weight excluding hydrogens is 356 g/mol. The van der Waals surface area contributed by atoms with E-state index < -0.39 is 16.5 Å². The highest BCUT2D eigenvalue weighted by Crippen LogP contribution is 2.50. The van der Waals surface area contributed by atoms with Gasteiger partial charge in [0.1, 0.15) is 5.75 Å². The number of ether oxygens (including phenoxy) is 1. The lowest BCUT2D eigenvalue weighted by Crippen LogP contribution is -2.55. The van der Waals surface area contributed by atoms with Crippen LogP contribution in [0.25, 0.3) is 0 Å². The first-order chi connectivity index (χ1) is 12.9. The topological polar surface area (TPSA) is 53.3 Å². The lowest BCUT2D eigenvalue weighted by Gasteiger charge is -2.50. The average molecular weight is 378 g/mol. The highest BCUT2D eigenvalue weighted by molar-refractivity contribution is 7.82.